The van der Waals surface area contributed by atoms with Crippen molar-refractivity contribution in [1.82, 2.24) is 4.72 Å². The highest BCUT2D eigenvalue weighted by Crippen LogP contribution is 2.34. The minimum absolute atomic E-state index is 0.177. The van der Waals surface area contributed by atoms with E-state index in [1.165, 1.54) is 18.7 Å². The first-order chi connectivity index (χ1) is 14.1. The second-order valence-corrected chi connectivity index (χ2v) is 10.5. The summed E-state index contributed by atoms with van der Waals surface area (Å²) in [6.07, 6.45) is -0.805. The van der Waals surface area contributed by atoms with Crippen LogP contribution < -0.4 is 4.72 Å². The maximum absolute atomic E-state index is 13.0. The molecule has 1 N–H and O–H groups in total. The minimum atomic E-state index is -3.78. The summed E-state index contributed by atoms with van der Waals surface area (Å²) in [7, 11) is -3.78. The van der Waals surface area contributed by atoms with Crippen molar-refractivity contribution in [3.05, 3.63) is 59.7 Å². The van der Waals surface area contributed by atoms with E-state index in [4.69, 9.17) is 9.47 Å². The van der Waals surface area contributed by atoms with Gasteiger partial charge in [-0.15, -0.1) is 0 Å². The average Bonchev–Trinajstić information content (AvgIpc) is 2.66. The number of carbonyl (C=O) groups is 1. The Morgan fingerprint density at radius 3 is 2.20 bits per heavy atom. The first-order valence-electron chi connectivity index (χ1n) is 9.79. The number of hydrogen-bond acceptors (Lipinski definition) is 6. The van der Waals surface area contributed by atoms with E-state index in [0.29, 0.717) is 6.42 Å². The molecule has 0 amide bonds. The van der Waals surface area contributed by atoms with E-state index in [2.05, 4.69) is 4.72 Å². The van der Waals surface area contributed by atoms with Gasteiger partial charge < -0.3 is 9.47 Å². The Morgan fingerprint density at radius 2 is 1.63 bits per heavy atom. The van der Waals surface area contributed by atoms with Gasteiger partial charge in [0.15, 0.2) is 0 Å². The van der Waals surface area contributed by atoms with Gasteiger partial charge in [-0.1, -0.05) is 47.2 Å². The lowest BCUT2D eigenvalue weighted by molar-refractivity contribution is -0.164. The van der Waals surface area contributed by atoms with Gasteiger partial charge in [0.05, 0.1) is 17.0 Å². The number of aryl methyl sites for hydroxylation is 2. The SMILES string of the molecule is CC(=O)O[C@H]1[C@H](C)OC(Sc2ccc(C)cc2)C[C@H]1NS(=O)(=O)c1ccc(C)cc1. The van der Waals surface area contributed by atoms with Gasteiger partial charge in [0.1, 0.15) is 11.5 Å². The summed E-state index contributed by atoms with van der Waals surface area (Å²) in [5.74, 6) is -0.473. The summed E-state index contributed by atoms with van der Waals surface area (Å²) in [6, 6.07) is 14.1. The topological polar surface area (TPSA) is 81.7 Å². The zero-order valence-corrected chi connectivity index (χ0v) is 19.1. The molecular weight excluding hydrogens is 422 g/mol. The molecule has 1 unspecified atom stereocenters. The third kappa shape index (κ3) is 5.85. The summed E-state index contributed by atoms with van der Waals surface area (Å²) in [5.41, 5.74) is 1.86. The van der Waals surface area contributed by atoms with E-state index in [9.17, 15) is 13.2 Å². The van der Waals surface area contributed by atoms with Crippen LogP contribution in [-0.2, 0) is 24.3 Å². The molecule has 0 spiro atoms. The molecule has 2 aromatic carbocycles. The Bertz CT molecular complexity index is 974. The molecule has 0 saturated carbocycles. The second kappa shape index (κ2) is 9.51. The van der Waals surface area contributed by atoms with Crippen molar-refractivity contribution in [3.8, 4) is 0 Å². The van der Waals surface area contributed by atoms with Crippen molar-refractivity contribution in [2.24, 2.45) is 0 Å². The molecule has 0 aromatic heterocycles. The second-order valence-electron chi connectivity index (χ2n) is 7.55. The lowest BCUT2D eigenvalue weighted by Crippen LogP contribution is -2.55. The van der Waals surface area contributed by atoms with Gasteiger partial charge in [0.25, 0.3) is 0 Å². The van der Waals surface area contributed by atoms with Crippen LogP contribution in [0.1, 0.15) is 31.4 Å². The third-order valence-corrected chi connectivity index (χ3v) is 7.52. The van der Waals surface area contributed by atoms with Crippen molar-refractivity contribution in [2.75, 3.05) is 0 Å². The molecule has 6 nitrogen and oxygen atoms in total. The van der Waals surface area contributed by atoms with Crippen molar-refractivity contribution < 1.29 is 22.7 Å². The quantitative estimate of drug-likeness (QED) is 0.676. The Balaban J connectivity index is 1.81. The molecule has 1 aliphatic heterocycles. The standard InChI is InChI=1S/C22H27NO5S2/c1-14-5-9-18(10-6-14)29-21-13-20(22(16(3)27-21)28-17(4)24)23-30(25,26)19-11-7-15(2)8-12-19/h5-12,16,20-23H,13H2,1-4H3/t16-,20+,21?,22-/m0/s1. The number of esters is 1. The number of benzene rings is 2. The van der Waals surface area contributed by atoms with Crippen molar-refractivity contribution in [3.63, 3.8) is 0 Å². The van der Waals surface area contributed by atoms with Gasteiger partial charge in [-0.2, -0.15) is 0 Å². The molecule has 1 fully saturated rings. The Morgan fingerprint density at radius 1 is 1.07 bits per heavy atom. The van der Waals surface area contributed by atoms with E-state index < -0.39 is 34.2 Å². The summed E-state index contributed by atoms with van der Waals surface area (Å²) < 4.78 is 40.1. The van der Waals surface area contributed by atoms with Crippen LogP contribution in [0.3, 0.4) is 0 Å². The molecule has 1 aliphatic rings. The highest BCUT2D eigenvalue weighted by molar-refractivity contribution is 7.99. The van der Waals surface area contributed by atoms with E-state index in [1.807, 2.05) is 38.1 Å². The highest BCUT2D eigenvalue weighted by Gasteiger charge is 2.41. The normalized spacial score (nSPS) is 24.4. The molecule has 0 bridgehead atoms. The lowest BCUT2D eigenvalue weighted by atomic mass is 10.0. The van der Waals surface area contributed by atoms with Gasteiger partial charge in [-0.05, 0) is 45.0 Å². The smallest absolute Gasteiger partial charge is 0.303 e. The molecule has 8 heteroatoms. The number of sulfonamides is 1. The average molecular weight is 450 g/mol. The van der Waals surface area contributed by atoms with Crippen LogP contribution in [0.25, 0.3) is 0 Å². The molecule has 3 rings (SSSR count). The van der Waals surface area contributed by atoms with E-state index >= 15 is 0 Å². The number of carbonyl (C=O) groups excluding carboxylic acids is 1. The van der Waals surface area contributed by atoms with Gasteiger partial charge in [-0.25, -0.2) is 13.1 Å². The van der Waals surface area contributed by atoms with E-state index in [1.54, 1.807) is 31.2 Å². The Labute approximate surface area is 182 Å². The summed E-state index contributed by atoms with van der Waals surface area (Å²) >= 11 is 1.53. The van der Waals surface area contributed by atoms with Gasteiger partial charge in [-0.3, -0.25) is 4.79 Å². The van der Waals surface area contributed by atoms with Crippen molar-refractivity contribution in [1.29, 1.82) is 0 Å². The maximum Gasteiger partial charge on any atom is 0.303 e. The zero-order valence-electron chi connectivity index (χ0n) is 17.5. The van der Waals surface area contributed by atoms with Crippen LogP contribution in [-0.4, -0.2) is 38.1 Å². The molecule has 1 heterocycles. The van der Waals surface area contributed by atoms with Crippen LogP contribution in [0.15, 0.2) is 58.3 Å². The third-order valence-electron chi connectivity index (χ3n) is 4.90. The summed E-state index contributed by atoms with van der Waals surface area (Å²) in [4.78, 5) is 12.8. The molecule has 0 aliphatic carbocycles. The number of thioether (sulfide) groups is 1. The maximum atomic E-state index is 13.0. The van der Waals surface area contributed by atoms with Crippen molar-refractivity contribution >= 4 is 27.8 Å². The van der Waals surface area contributed by atoms with Gasteiger partial charge in [0, 0.05) is 18.2 Å². The van der Waals surface area contributed by atoms with E-state index in [0.717, 1.165) is 16.0 Å². The minimum Gasteiger partial charge on any atom is -0.458 e. The summed E-state index contributed by atoms with van der Waals surface area (Å²) in [5, 5.41) is 0. The number of rotatable bonds is 6. The summed E-state index contributed by atoms with van der Waals surface area (Å²) in [6.45, 7) is 7.02. The molecule has 162 valence electrons. The van der Waals surface area contributed by atoms with Gasteiger partial charge in [0.2, 0.25) is 10.0 Å². The van der Waals surface area contributed by atoms with E-state index in [-0.39, 0.29) is 10.3 Å². The number of ether oxygens (including phenoxy) is 2. The largest absolute Gasteiger partial charge is 0.458 e. The number of nitrogens with one attached hydrogen (secondary N) is 1. The highest BCUT2D eigenvalue weighted by atomic mass is 32.2. The fraction of sp³-hybridized carbons (Fsp3) is 0.409. The zero-order chi connectivity index (χ0) is 21.9. The monoisotopic (exact) mass is 449 g/mol. The fourth-order valence-corrected chi connectivity index (χ4v) is 5.75. The lowest BCUT2D eigenvalue weighted by Gasteiger charge is -2.39. The predicted octanol–water partition coefficient (Wildman–Crippen LogP) is 3.81. The predicted molar refractivity (Wildman–Crippen MR) is 117 cm³/mol. The molecule has 2 aromatic rings. The van der Waals surface area contributed by atoms with Crippen LogP contribution in [0.2, 0.25) is 0 Å². The number of hydrogen-bond donors (Lipinski definition) is 1. The van der Waals surface area contributed by atoms with Gasteiger partial charge >= 0.3 is 5.97 Å². The van der Waals surface area contributed by atoms with Crippen LogP contribution in [0.4, 0.5) is 0 Å². The molecule has 1 saturated heterocycles. The Kier molecular flexibility index (Phi) is 7.23. The molecule has 4 atom stereocenters. The first-order valence-corrected chi connectivity index (χ1v) is 12.2. The fourth-order valence-electron chi connectivity index (χ4n) is 3.36. The Hall–Kier alpha value is -1.87. The molecular formula is C22H27NO5S2. The first kappa shape index (κ1) is 22.8. The van der Waals surface area contributed by atoms with Crippen molar-refractivity contribution in [2.45, 2.75) is 67.6 Å². The molecule has 0 radical (unpaired) electrons. The molecule has 30 heavy (non-hydrogen) atoms. The van der Waals surface area contributed by atoms with Crippen LogP contribution >= 0.6 is 11.8 Å². The van der Waals surface area contributed by atoms with Crippen LogP contribution in [0.5, 0.6) is 0 Å². The van der Waals surface area contributed by atoms with Crippen LogP contribution in [0, 0.1) is 13.8 Å².